The van der Waals surface area contributed by atoms with Crippen LogP contribution in [0.25, 0.3) is 0 Å². The van der Waals surface area contributed by atoms with E-state index in [0.717, 1.165) is 23.7 Å². The molecule has 0 saturated carbocycles. The summed E-state index contributed by atoms with van der Waals surface area (Å²) in [4.78, 5) is 0. The van der Waals surface area contributed by atoms with Crippen LogP contribution in [0.15, 0.2) is 0 Å². The van der Waals surface area contributed by atoms with Gasteiger partial charge in [0.25, 0.3) is 0 Å². The molecule has 67 valence electrons. The quantitative estimate of drug-likeness (QED) is 0.424. The molecule has 0 aromatic rings. The van der Waals surface area contributed by atoms with E-state index in [2.05, 4.69) is 22.6 Å². The lowest BCUT2D eigenvalue weighted by atomic mass is 10.2. The van der Waals surface area contributed by atoms with Crippen molar-refractivity contribution < 1.29 is 8.42 Å². The number of hydrogen-bond acceptors (Lipinski definition) is 2. The molecule has 5 heteroatoms. The molecule has 11 heavy (non-hydrogen) atoms. The second-order valence-electron chi connectivity index (χ2n) is 2.42. The third-order valence-electron chi connectivity index (χ3n) is 1.30. The minimum Gasteiger partial charge on any atom is -0.211 e. The van der Waals surface area contributed by atoms with Crippen LogP contribution in [0.4, 0.5) is 0 Å². The molecule has 0 rings (SSSR count). The van der Waals surface area contributed by atoms with Gasteiger partial charge in [0, 0.05) is 0 Å². The number of unbranched alkanes of at least 4 members (excludes halogenated alkanes) is 3. The highest BCUT2D eigenvalue weighted by molar-refractivity contribution is 14.1. The Labute approximate surface area is 81.9 Å². The Morgan fingerprint density at radius 2 is 1.64 bits per heavy atom. The molecule has 0 aromatic carbocycles. The lowest BCUT2D eigenvalue weighted by Gasteiger charge is -1.96. The van der Waals surface area contributed by atoms with Crippen LogP contribution in [0.3, 0.4) is 0 Å². The molecular weight excluding hydrogens is 277 g/mol. The summed E-state index contributed by atoms with van der Waals surface area (Å²) in [5.74, 6) is 0.0221. The van der Waals surface area contributed by atoms with Gasteiger partial charge in [-0.1, -0.05) is 35.4 Å². The largest absolute Gasteiger partial charge is 0.225 e. The standard InChI is InChI=1S/C6H13INO2S/c7-5-3-1-2-4-6-11(8,9)10/h8H,1-6H2. The zero-order valence-electron chi connectivity index (χ0n) is 6.35. The van der Waals surface area contributed by atoms with E-state index in [4.69, 9.17) is 5.14 Å². The highest BCUT2D eigenvalue weighted by Crippen LogP contribution is 2.03. The van der Waals surface area contributed by atoms with Gasteiger partial charge in [-0.25, -0.2) is 8.42 Å². The highest BCUT2D eigenvalue weighted by Gasteiger charge is 2.01. The first kappa shape index (κ1) is 11.6. The molecule has 3 nitrogen and oxygen atoms in total. The molecule has 0 aliphatic rings. The van der Waals surface area contributed by atoms with E-state index in [9.17, 15) is 8.42 Å². The first-order valence-electron chi connectivity index (χ1n) is 3.59. The van der Waals surface area contributed by atoms with Crippen LogP contribution in [-0.2, 0) is 10.0 Å². The van der Waals surface area contributed by atoms with Gasteiger partial charge in [-0.05, 0) is 17.3 Å². The van der Waals surface area contributed by atoms with E-state index in [0.29, 0.717) is 6.42 Å². The van der Waals surface area contributed by atoms with Crippen molar-refractivity contribution >= 4 is 32.6 Å². The molecule has 1 radical (unpaired) electrons. The Balaban J connectivity index is 3.16. The summed E-state index contributed by atoms with van der Waals surface area (Å²) < 4.78 is 21.8. The van der Waals surface area contributed by atoms with Gasteiger partial charge >= 0.3 is 0 Å². The van der Waals surface area contributed by atoms with Gasteiger partial charge in [0.2, 0.25) is 10.0 Å². The van der Waals surface area contributed by atoms with Gasteiger partial charge in [-0.2, -0.15) is 0 Å². The molecule has 1 N–H and O–H groups in total. The molecule has 0 aliphatic carbocycles. The van der Waals surface area contributed by atoms with E-state index >= 15 is 0 Å². The van der Waals surface area contributed by atoms with Crippen LogP contribution in [-0.4, -0.2) is 18.6 Å². The van der Waals surface area contributed by atoms with Gasteiger partial charge < -0.3 is 0 Å². The second-order valence-corrected chi connectivity index (χ2v) is 5.14. The number of hydrogen-bond donors (Lipinski definition) is 0. The number of alkyl halides is 1. The predicted octanol–water partition coefficient (Wildman–Crippen LogP) is 1.59. The molecule has 0 aromatic heterocycles. The Bertz CT molecular complexity index is 179. The summed E-state index contributed by atoms with van der Waals surface area (Å²) in [6.07, 6.45) is 3.81. The summed E-state index contributed by atoms with van der Waals surface area (Å²) in [5.41, 5.74) is 0. The fourth-order valence-electron chi connectivity index (χ4n) is 0.740. The van der Waals surface area contributed by atoms with Gasteiger partial charge in [-0.15, -0.1) is 5.14 Å². The van der Waals surface area contributed by atoms with Gasteiger partial charge in [-0.3, -0.25) is 0 Å². The molecular formula is C6H13INO2S. The monoisotopic (exact) mass is 290 g/mol. The number of rotatable bonds is 6. The average molecular weight is 290 g/mol. The van der Waals surface area contributed by atoms with E-state index in [1.165, 1.54) is 0 Å². The molecule has 0 fully saturated rings. The Hall–Kier alpha value is 0.640. The maximum atomic E-state index is 10.3. The van der Waals surface area contributed by atoms with Crippen LogP contribution < -0.4 is 5.14 Å². The average Bonchev–Trinajstić information content (AvgIpc) is 1.85. The van der Waals surface area contributed by atoms with Crippen molar-refractivity contribution in [3.8, 4) is 0 Å². The normalized spacial score (nSPS) is 11.8. The first-order chi connectivity index (χ1) is 5.06. The summed E-state index contributed by atoms with van der Waals surface area (Å²) in [6.45, 7) is 0. The number of halogens is 1. The zero-order chi connectivity index (χ0) is 8.74. The molecule has 0 bridgehead atoms. The van der Waals surface area contributed by atoms with E-state index in [-0.39, 0.29) is 5.75 Å². The summed E-state index contributed by atoms with van der Waals surface area (Å²) in [5, 5.41) is 6.58. The van der Waals surface area contributed by atoms with Crippen LogP contribution >= 0.6 is 22.6 Å². The van der Waals surface area contributed by atoms with Crippen molar-refractivity contribution in [2.45, 2.75) is 25.7 Å². The Morgan fingerprint density at radius 3 is 2.09 bits per heavy atom. The van der Waals surface area contributed by atoms with Gasteiger partial charge in [0.15, 0.2) is 0 Å². The third-order valence-corrected chi connectivity index (χ3v) is 2.89. The SMILES string of the molecule is [NH]S(=O)(=O)CCCCCCI. The summed E-state index contributed by atoms with van der Waals surface area (Å²) in [7, 11) is -3.46. The molecule has 0 heterocycles. The first-order valence-corrected chi connectivity index (χ1v) is 6.77. The lowest BCUT2D eigenvalue weighted by Crippen LogP contribution is -2.05. The van der Waals surface area contributed by atoms with Crippen molar-refractivity contribution in [2.24, 2.45) is 0 Å². The fourth-order valence-corrected chi connectivity index (χ4v) is 1.86. The van der Waals surface area contributed by atoms with Crippen molar-refractivity contribution in [1.82, 2.24) is 5.14 Å². The molecule has 0 aliphatic heterocycles. The maximum absolute atomic E-state index is 10.3. The second kappa shape index (κ2) is 6.19. The van der Waals surface area contributed by atoms with Crippen LogP contribution in [0.1, 0.15) is 25.7 Å². The fraction of sp³-hybridized carbons (Fsp3) is 1.00. The number of nitrogens with one attached hydrogen (secondary N) is 1. The van der Waals surface area contributed by atoms with Crippen molar-refractivity contribution in [3.63, 3.8) is 0 Å². The third kappa shape index (κ3) is 10.6. The highest BCUT2D eigenvalue weighted by atomic mass is 127. The smallest absolute Gasteiger partial charge is 0.211 e. The van der Waals surface area contributed by atoms with Gasteiger partial charge in [0.05, 0.1) is 5.75 Å². The maximum Gasteiger partial charge on any atom is 0.225 e. The predicted molar refractivity (Wildman–Crippen MR) is 54.2 cm³/mol. The zero-order valence-corrected chi connectivity index (χ0v) is 9.32. The Kier molecular flexibility index (Phi) is 6.55. The van der Waals surface area contributed by atoms with Crippen molar-refractivity contribution in [3.05, 3.63) is 0 Å². The molecule has 0 spiro atoms. The lowest BCUT2D eigenvalue weighted by molar-refractivity contribution is 0.589. The van der Waals surface area contributed by atoms with Gasteiger partial charge in [0.1, 0.15) is 0 Å². The molecule has 0 amide bonds. The van der Waals surface area contributed by atoms with E-state index in [1.807, 2.05) is 0 Å². The van der Waals surface area contributed by atoms with Crippen LogP contribution in [0.2, 0.25) is 0 Å². The topological polar surface area (TPSA) is 57.9 Å². The van der Waals surface area contributed by atoms with E-state index < -0.39 is 10.0 Å². The molecule has 0 saturated heterocycles. The summed E-state index contributed by atoms with van der Waals surface area (Å²) >= 11 is 2.30. The van der Waals surface area contributed by atoms with Crippen molar-refractivity contribution in [2.75, 3.05) is 10.2 Å². The van der Waals surface area contributed by atoms with E-state index in [1.54, 1.807) is 0 Å². The number of sulfonamides is 1. The minimum atomic E-state index is -3.46. The molecule has 0 atom stereocenters. The van der Waals surface area contributed by atoms with Crippen LogP contribution in [0, 0.1) is 0 Å². The minimum absolute atomic E-state index is 0.0221. The molecule has 0 unspecified atom stereocenters. The Morgan fingerprint density at radius 1 is 1.09 bits per heavy atom. The van der Waals surface area contributed by atoms with Crippen LogP contribution in [0.5, 0.6) is 0 Å². The van der Waals surface area contributed by atoms with Crippen molar-refractivity contribution in [1.29, 1.82) is 0 Å². The summed E-state index contributed by atoms with van der Waals surface area (Å²) in [6, 6.07) is 0.